The van der Waals surface area contributed by atoms with Gasteiger partial charge in [-0.15, -0.1) is 13.2 Å². The largest absolute Gasteiger partial charge is 0.449 e. The maximum atomic E-state index is 12.9. The van der Waals surface area contributed by atoms with Crippen molar-refractivity contribution >= 4 is 41.1 Å². The molecule has 1 aromatic heterocycles. The molecule has 2 amide bonds. The van der Waals surface area contributed by atoms with Gasteiger partial charge in [0.25, 0.3) is 5.91 Å². The summed E-state index contributed by atoms with van der Waals surface area (Å²) in [7, 11) is 0. The zero-order valence-electron chi connectivity index (χ0n) is 23.4. The van der Waals surface area contributed by atoms with Crippen LogP contribution >= 0.6 is 0 Å². The van der Waals surface area contributed by atoms with Crippen LogP contribution in [0.5, 0.6) is 0 Å². The van der Waals surface area contributed by atoms with E-state index in [9.17, 15) is 19.2 Å². The molecule has 222 valence electrons. The summed E-state index contributed by atoms with van der Waals surface area (Å²) in [5.41, 5.74) is 0.846. The average molecular weight is 571 g/mol. The number of piperazine rings is 1. The van der Waals surface area contributed by atoms with Gasteiger partial charge in [-0.1, -0.05) is 12.2 Å². The Labute approximate surface area is 239 Å². The maximum Gasteiger partial charge on any atom is 0.410 e. The second-order valence-electron chi connectivity index (χ2n) is 9.82. The average Bonchev–Trinajstić information content (AvgIpc) is 3.48. The van der Waals surface area contributed by atoms with Crippen LogP contribution < -0.4 is 15.5 Å². The number of amides is 2. The highest BCUT2D eigenvalue weighted by atomic mass is 16.6. The summed E-state index contributed by atoms with van der Waals surface area (Å²) in [6.45, 7) is 12.0. The van der Waals surface area contributed by atoms with Gasteiger partial charge in [-0.3, -0.25) is 9.59 Å². The molecule has 0 saturated carbocycles. The minimum atomic E-state index is -1.29. The van der Waals surface area contributed by atoms with Crippen molar-refractivity contribution in [3.8, 4) is 0 Å². The van der Waals surface area contributed by atoms with Gasteiger partial charge in [-0.25, -0.2) is 14.6 Å². The standard InChI is InChI=1S/C28H38N6O7/c1-4-11-29-19-9-10-21(30-12-5-2)31-26(19)32-14-16-33(17-15-32)28(38)40-18-22(35)41-24-20-8-7-13-34(20)27(37)25(23(24)36)39-6-3/h4-5,9-10,20,24-25,29H,1-2,6-8,11-18H2,3H3,(H,30,31). The van der Waals surface area contributed by atoms with Crippen molar-refractivity contribution in [2.24, 2.45) is 0 Å². The number of fused-ring (bicyclic) bond motifs is 1. The minimum absolute atomic E-state index is 0.173. The topological polar surface area (TPSA) is 143 Å². The molecule has 4 heterocycles. The lowest BCUT2D eigenvalue weighted by atomic mass is 9.95. The van der Waals surface area contributed by atoms with E-state index >= 15 is 0 Å². The van der Waals surface area contributed by atoms with E-state index in [0.29, 0.717) is 64.5 Å². The highest BCUT2D eigenvalue weighted by molar-refractivity contribution is 6.09. The van der Waals surface area contributed by atoms with Gasteiger partial charge in [0.15, 0.2) is 24.6 Å². The lowest BCUT2D eigenvalue weighted by Crippen LogP contribution is -2.62. The van der Waals surface area contributed by atoms with Crippen molar-refractivity contribution in [3.05, 3.63) is 37.4 Å². The number of esters is 1. The SMILES string of the molecule is C=CCNc1ccc(NCC=C)c(N2CCN(C(=O)OCC(=O)OC3C(=O)C(OCC)C(=O)N4CCCC34)CC2)n1. The number of ketones is 1. The van der Waals surface area contributed by atoms with Crippen LogP contribution in [-0.2, 0) is 28.6 Å². The number of pyridine rings is 1. The van der Waals surface area contributed by atoms with Crippen molar-refractivity contribution in [1.82, 2.24) is 14.8 Å². The molecule has 4 rings (SSSR count). The van der Waals surface area contributed by atoms with Crippen LogP contribution in [0.4, 0.5) is 22.1 Å². The number of piperidine rings is 1. The summed E-state index contributed by atoms with van der Waals surface area (Å²) in [6, 6.07) is 3.30. The fraction of sp³-hybridized carbons (Fsp3) is 0.536. The maximum absolute atomic E-state index is 12.9. The molecular weight excluding hydrogens is 532 g/mol. The third-order valence-corrected chi connectivity index (χ3v) is 7.18. The predicted octanol–water partition coefficient (Wildman–Crippen LogP) is 1.43. The van der Waals surface area contributed by atoms with Gasteiger partial charge in [0.2, 0.25) is 5.78 Å². The first-order valence-electron chi connectivity index (χ1n) is 13.9. The minimum Gasteiger partial charge on any atom is -0.449 e. The summed E-state index contributed by atoms with van der Waals surface area (Å²) in [5.74, 6) is -0.360. The lowest BCUT2D eigenvalue weighted by molar-refractivity contribution is -0.178. The zero-order valence-corrected chi connectivity index (χ0v) is 23.4. The normalized spacial score (nSPS) is 22.2. The summed E-state index contributed by atoms with van der Waals surface area (Å²) in [4.78, 5) is 60.7. The highest BCUT2D eigenvalue weighted by Crippen LogP contribution is 2.30. The molecule has 13 nitrogen and oxygen atoms in total. The fourth-order valence-electron chi connectivity index (χ4n) is 5.22. The van der Waals surface area contributed by atoms with Crippen LogP contribution in [0, 0.1) is 0 Å². The van der Waals surface area contributed by atoms with Crippen LogP contribution in [-0.4, -0.2) is 116 Å². The summed E-state index contributed by atoms with van der Waals surface area (Å²) in [5, 5.41) is 6.48. The van der Waals surface area contributed by atoms with Crippen molar-refractivity contribution < 1.29 is 33.4 Å². The third kappa shape index (κ3) is 6.96. The molecule has 3 unspecified atom stereocenters. The molecule has 3 aliphatic rings. The summed E-state index contributed by atoms with van der Waals surface area (Å²) >= 11 is 0. The molecule has 0 aliphatic carbocycles. The molecule has 0 aromatic carbocycles. The molecule has 1 aromatic rings. The van der Waals surface area contributed by atoms with E-state index in [-0.39, 0.29) is 6.61 Å². The van der Waals surface area contributed by atoms with Crippen LogP contribution in [0.15, 0.2) is 37.4 Å². The van der Waals surface area contributed by atoms with Crippen LogP contribution in [0.1, 0.15) is 19.8 Å². The number of rotatable bonds is 12. The van der Waals surface area contributed by atoms with E-state index in [4.69, 9.17) is 19.2 Å². The number of hydrogen-bond acceptors (Lipinski definition) is 11. The predicted molar refractivity (Wildman–Crippen MR) is 152 cm³/mol. The first kappa shape index (κ1) is 29.8. The molecule has 3 aliphatic heterocycles. The van der Waals surface area contributed by atoms with Gasteiger partial charge in [0.1, 0.15) is 5.82 Å². The number of anilines is 3. The van der Waals surface area contributed by atoms with Gasteiger partial charge >= 0.3 is 12.1 Å². The molecule has 41 heavy (non-hydrogen) atoms. The number of ether oxygens (including phenoxy) is 3. The molecule has 2 N–H and O–H groups in total. The van der Waals surface area contributed by atoms with Crippen molar-refractivity contribution in [3.63, 3.8) is 0 Å². The molecular formula is C28H38N6O7. The van der Waals surface area contributed by atoms with Crippen molar-refractivity contribution in [2.75, 3.05) is 74.6 Å². The van der Waals surface area contributed by atoms with E-state index in [1.54, 1.807) is 24.0 Å². The Bertz CT molecular complexity index is 1150. The van der Waals surface area contributed by atoms with E-state index < -0.39 is 48.6 Å². The number of Topliss-reactive ketones (excluding diaryl/α,β-unsaturated/α-hetero) is 1. The Morgan fingerprint density at radius 3 is 2.51 bits per heavy atom. The van der Waals surface area contributed by atoms with E-state index in [2.05, 4.69) is 28.7 Å². The first-order chi connectivity index (χ1) is 19.9. The smallest absolute Gasteiger partial charge is 0.410 e. The number of carbonyl (C=O) groups excluding carboxylic acids is 4. The molecule has 0 bridgehead atoms. The molecule has 0 spiro atoms. The van der Waals surface area contributed by atoms with Gasteiger partial charge in [0.05, 0.1) is 11.7 Å². The van der Waals surface area contributed by atoms with Crippen LogP contribution in [0.2, 0.25) is 0 Å². The van der Waals surface area contributed by atoms with E-state index in [0.717, 1.165) is 11.5 Å². The molecule has 13 heteroatoms. The fourth-order valence-corrected chi connectivity index (χ4v) is 5.22. The summed E-state index contributed by atoms with van der Waals surface area (Å²) < 4.78 is 16.0. The van der Waals surface area contributed by atoms with Crippen LogP contribution in [0.25, 0.3) is 0 Å². The summed E-state index contributed by atoms with van der Waals surface area (Å²) in [6.07, 6.45) is 1.68. The van der Waals surface area contributed by atoms with Gasteiger partial charge in [-0.2, -0.15) is 0 Å². The first-order valence-corrected chi connectivity index (χ1v) is 13.9. The van der Waals surface area contributed by atoms with Crippen molar-refractivity contribution in [2.45, 2.75) is 38.0 Å². The monoisotopic (exact) mass is 570 g/mol. The molecule has 3 saturated heterocycles. The lowest BCUT2D eigenvalue weighted by Gasteiger charge is -2.38. The number of hydrogen-bond donors (Lipinski definition) is 2. The van der Waals surface area contributed by atoms with Crippen LogP contribution in [0.3, 0.4) is 0 Å². The quantitative estimate of drug-likeness (QED) is 0.214. The second kappa shape index (κ2) is 14.0. The Hall–Kier alpha value is -4.13. The van der Waals surface area contributed by atoms with Crippen molar-refractivity contribution in [1.29, 1.82) is 0 Å². The Morgan fingerprint density at radius 1 is 1.07 bits per heavy atom. The third-order valence-electron chi connectivity index (χ3n) is 7.18. The Kier molecular flexibility index (Phi) is 10.2. The Balaban J connectivity index is 1.30. The number of carbonyl (C=O) groups is 4. The second-order valence-corrected chi connectivity index (χ2v) is 9.82. The van der Waals surface area contributed by atoms with Gasteiger partial charge < -0.3 is 39.5 Å². The molecule has 0 radical (unpaired) electrons. The highest BCUT2D eigenvalue weighted by Gasteiger charge is 2.52. The number of nitrogens with zero attached hydrogens (tertiary/aromatic N) is 4. The van der Waals surface area contributed by atoms with E-state index in [1.165, 1.54) is 4.90 Å². The zero-order chi connectivity index (χ0) is 29.4. The van der Waals surface area contributed by atoms with E-state index in [1.807, 2.05) is 12.1 Å². The molecule has 3 atom stereocenters. The van der Waals surface area contributed by atoms with Gasteiger partial charge in [0, 0.05) is 52.4 Å². The number of aromatic nitrogens is 1. The molecule has 3 fully saturated rings. The van der Waals surface area contributed by atoms with Gasteiger partial charge in [-0.05, 0) is 31.9 Å². The Morgan fingerprint density at radius 2 is 1.80 bits per heavy atom. The number of nitrogens with one attached hydrogen (secondary N) is 2.